The number of aromatic carboxylic acids is 1. The molecule has 1 unspecified atom stereocenters. The Labute approximate surface area is 109 Å². The highest BCUT2D eigenvalue weighted by Crippen LogP contribution is 2.20. The molecular weight excluding hydrogens is 226 g/mol. The van der Waals surface area contributed by atoms with E-state index in [2.05, 4.69) is 19.2 Å². The smallest absolute Gasteiger partial charge is 0.337 e. The van der Waals surface area contributed by atoms with Crippen LogP contribution in [-0.4, -0.2) is 17.1 Å². The Hall–Kier alpha value is -1.51. The van der Waals surface area contributed by atoms with Crippen molar-refractivity contribution in [2.75, 3.05) is 5.32 Å². The standard InChI is InChI=1S/C15H23NO2/c1-4-5-6-7-12(3)16-14-10-11(2)8-9-13(14)15(17)18/h8-10,12,16H,4-7H2,1-3H3,(H,17,18). The monoisotopic (exact) mass is 249 g/mol. The maximum atomic E-state index is 11.1. The van der Waals surface area contributed by atoms with Crippen LogP contribution in [0.4, 0.5) is 5.69 Å². The van der Waals surface area contributed by atoms with Gasteiger partial charge in [-0.05, 0) is 38.0 Å². The maximum Gasteiger partial charge on any atom is 0.337 e. The Bertz CT molecular complexity index is 401. The summed E-state index contributed by atoms with van der Waals surface area (Å²) in [6.45, 7) is 6.25. The molecule has 0 fully saturated rings. The number of carboxylic acid groups (broad SMARTS) is 1. The number of carbonyl (C=O) groups is 1. The van der Waals surface area contributed by atoms with Gasteiger partial charge >= 0.3 is 5.97 Å². The Morgan fingerprint density at radius 2 is 2.11 bits per heavy atom. The Morgan fingerprint density at radius 3 is 2.72 bits per heavy atom. The van der Waals surface area contributed by atoms with Gasteiger partial charge in [0, 0.05) is 11.7 Å². The third kappa shape index (κ3) is 4.40. The molecule has 18 heavy (non-hydrogen) atoms. The van der Waals surface area contributed by atoms with Gasteiger partial charge in [0.15, 0.2) is 0 Å². The van der Waals surface area contributed by atoms with Crippen molar-refractivity contribution >= 4 is 11.7 Å². The second kappa shape index (κ2) is 7.04. The van der Waals surface area contributed by atoms with E-state index in [4.69, 9.17) is 5.11 Å². The van der Waals surface area contributed by atoms with E-state index in [1.807, 2.05) is 19.1 Å². The molecule has 1 aromatic rings. The van der Waals surface area contributed by atoms with Gasteiger partial charge in [-0.25, -0.2) is 4.79 Å². The number of rotatable bonds is 7. The number of benzene rings is 1. The summed E-state index contributed by atoms with van der Waals surface area (Å²) in [5.74, 6) is -0.877. The van der Waals surface area contributed by atoms with Gasteiger partial charge in [-0.2, -0.15) is 0 Å². The molecule has 1 aromatic carbocycles. The van der Waals surface area contributed by atoms with Gasteiger partial charge in [0.05, 0.1) is 5.56 Å². The zero-order valence-corrected chi connectivity index (χ0v) is 11.5. The van der Waals surface area contributed by atoms with E-state index in [1.54, 1.807) is 6.07 Å². The predicted octanol–water partition coefficient (Wildman–Crippen LogP) is 4.07. The lowest BCUT2D eigenvalue weighted by molar-refractivity contribution is 0.0698. The van der Waals surface area contributed by atoms with Crippen LogP contribution in [0, 0.1) is 6.92 Å². The zero-order valence-electron chi connectivity index (χ0n) is 11.5. The summed E-state index contributed by atoms with van der Waals surface area (Å²) in [7, 11) is 0. The predicted molar refractivity (Wildman–Crippen MR) is 75.4 cm³/mol. The largest absolute Gasteiger partial charge is 0.478 e. The van der Waals surface area contributed by atoms with Crippen LogP contribution < -0.4 is 5.32 Å². The molecule has 100 valence electrons. The molecule has 0 aliphatic heterocycles. The van der Waals surface area contributed by atoms with Gasteiger partial charge in [0.1, 0.15) is 0 Å². The zero-order chi connectivity index (χ0) is 13.5. The molecule has 0 saturated heterocycles. The first kappa shape index (κ1) is 14.6. The molecule has 1 rings (SSSR count). The highest BCUT2D eigenvalue weighted by atomic mass is 16.4. The van der Waals surface area contributed by atoms with E-state index in [-0.39, 0.29) is 0 Å². The lowest BCUT2D eigenvalue weighted by Crippen LogP contribution is -2.17. The summed E-state index contributed by atoms with van der Waals surface area (Å²) in [5.41, 5.74) is 2.15. The molecule has 3 nitrogen and oxygen atoms in total. The van der Waals surface area contributed by atoms with Crippen molar-refractivity contribution in [2.45, 2.75) is 52.5 Å². The molecule has 0 aromatic heterocycles. The fourth-order valence-corrected chi connectivity index (χ4v) is 2.00. The lowest BCUT2D eigenvalue weighted by atomic mass is 10.1. The lowest BCUT2D eigenvalue weighted by Gasteiger charge is -2.17. The molecule has 3 heteroatoms. The number of nitrogens with one attached hydrogen (secondary N) is 1. The fraction of sp³-hybridized carbons (Fsp3) is 0.533. The summed E-state index contributed by atoms with van der Waals surface area (Å²) in [5, 5.41) is 12.5. The number of hydrogen-bond acceptors (Lipinski definition) is 2. The molecule has 1 atom stereocenters. The minimum atomic E-state index is -0.877. The SMILES string of the molecule is CCCCCC(C)Nc1cc(C)ccc1C(=O)O. The van der Waals surface area contributed by atoms with Gasteiger partial charge in [-0.15, -0.1) is 0 Å². The summed E-state index contributed by atoms with van der Waals surface area (Å²) in [6.07, 6.45) is 4.68. The average molecular weight is 249 g/mol. The van der Waals surface area contributed by atoms with E-state index >= 15 is 0 Å². The van der Waals surface area contributed by atoms with E-state index in [0.29, 0.717) is 11.6 Å². The molecular formula is C15H23NO2. The molecule has 0 heterocycles. The second-order valence-corrected chi connectivity index (χ2v) is 4.90. The van der Waals surface area contributed by atoms with Crippen LogP contribution in [0.2, 0.25) is 0 Å². The van der Waals surface area contributed by atoms with Gasteiger partial charge in [0.25, 0.3) is 0 Å². The van der Waals surface area contributed by atoms with Crippen molar-refractivity contribution in [1.29, 1.82) is 0 Å². The van der Waals surface area contributed by atoms with Crippen molar-refractivity contribution in [3.8, 4) is 0 Å². The summed E-state index contributed by atoms with van der Waals surface area (Å²) in [4.78, 5) is 11.1. The first-order valence-electron chi connectivity index (χ1n) is 6.65. The molecule has 2 N–H and O–H groups in total. The Morgan fingerprint density at radius 1 is 1.39 bits per heavy atom. The van der Waals surface area contributed by atoms with Crippen LogP contribution in [0.25, 0.3) is 0 Å². The highest BCUT2D eigenvalue weighted by Gasteiger charge is 2.11. The van der Waals surface area contributed by atoms with Gasteiger partial charge in [-0.3, -0.25) is 0 Å². The summed E-state index contributed by atoms with van der Waals surface area (Å²) in [6, 6.07) is 5.70. The van der Waals surface area contributed by atoms with E-state index in [0.717, 1.165) is 17.7 Å². The third-order valence-corrected chi connectivity index (χ3v) is 3.05. The number of unbranched alkanes of at least 4 members (excludes halogenated alkanes) is 2. The molecule has 0 radical (unpaired) electrons. The first-order chi connectivity index (χ1) is 8.54. The third-order valence-electron chi connectivity index (χ3n) is 3.05. The van der Waals surface area contributed by atoms with Crippen LogP contribution in [-0.2, 0) is 0 Å². The maximum absolute atomic E-state index is 11.1. The number of anilines is 1. The van der Waals surface area contributed by atoms with Crippen LogP contribution >= 0.6 is 0 Å². The van der Waals surface area contributed by atoms with Crippen LogP contribution in [0.15, 0.2) is 18.2 Å². The van der Waals surface area contributed by atoms with Gasteiger partial charge in [0.2, 0.25) is 0 Å². The molecule has 0 aliphatic rings. The molecule has 0 amide bonds. The van der Waals surface area contributed by atoms with Gasteiger partial charge in [-0.1, -0.05) is 32.3 Å². The average Bonchev–Trinajstić information content (AvgIpc) is 2.29. The topological polar surface area (TPSA) is 49.3 Å². The van der Waals surface area contributed by atoms with E-state index in [1.165, 1.54) is 19.3 Å². The van der Waals surface area contributed by atoms with Crippen molar-refractivity contribution in [1.82, 2.24) is 0 Å². The molecule has 0 saturated carbocycles. The minimum absolute atomic E-state index is 0.302. The van der Waals surface area contributed by atoms with Crippen molar-refractivity contribution in [2.24, 2.45) is 0 Å². The van der Waals surface area contributed by atoms with Crippen LogP contribution in [0.5, 0.6) is 0 Å². The molecule has 0 bridgehead atoms. The number of hydrogen-bond donors (Lipinski definition) is 2. The normalized spacial score (nSPS) is 12.2. The van der Waals surface area contributed by atoms with E-state index in [9.17, 15) is 4.79 Å². The number of carboxylic acids is 1. The fourth-order valence-electron chi connectivity index (χ4n) is 2.00. The number of aryl methyl sites for hydroxylation is 1. The Balaban J connectivity index is 2.70. The quantitative estimate of drug-likeness (QED) is 0.716. The Kier molecular flexibility index (Phi) is 5.69. The van der Waals surface area contributed by atoms with Gasteiger partial charge < -0.3 is 10.4 Å². The van der Waals surface area contributed by atoms with Crippen LogP contribution in [0.1, 0.15) is 55.5 Å². The first-order valence-corrected chi connectivity index (χ1v) is 6.65. The summed E-state index contributed by atoms with van der Waals surface area (Å²) >= 11 is 0. The molecule has 0 aliphatic carbocycles. The summed E-state index contributed by atoms with van der Waals surface area (Å²) < 4.78 is 0. The minimum Gasteiger partial charge on any atom is -0.478 e. The second-order valence-electron chi connectivity index (χ2n) is 4.90. The molecule has 0 spiro atoms. The van der Waals surface area contributed by atoms with Crippen LogP contribution in [0.3, 0.4) is 0 Å². The van der Waals surface area contributed by atoms with E-state index < -0.39 is 5.97 Å². The highest BCUT2D eigenvalue weighted by molar-refractivity contribution is 5.94. The van der Waals surface area contributed by atoms with Crippen molar-refractivity contribution in [3.63, 3.8) is 0 Å². The van der Waals surface area contributed by atoms with Crippen molar-refractivity contribution < 1.29 is 9.90 Å². The van der Waals surface area contributed by atoms with Crippen molar-refractivity contribution in [3.05, 3.63) is 29.3 Å².